The van der Waals surface area contributed by atoms with E-state index in [1.165, 1.54) is 7.11 Å². The topological polar surface area (TPSA) is 120 Å². The number of carbonyl (C=O) groups is 1. The second kappa shape index (κ2) is 9.50. The molecule has 0 spiro atoms. The highest BCUT2D eigenvalue weighted by molar-refractivity contribution is 5.97. The minimum Gasteiger partial charge on any atom is -0.394 e. The van der Waals surface area contributed by atoms with Crippen molar-refractivity contribution in [3.63, 3.8) is 0 Å². The van der Waals surface area contributed by atoms with Gasteiger partial charge in [0.25, 0.3) is 5.91 Å². The molecule has 1 saturated heterocycles. The van der Waals surface area contributed by atoms with Crippen LogP contribution >= 0.6 is 0 Å². The fourth-order valence-corrected chi connectivity index (χ4v) is 4.78. The molecule has 4 N–H and O–H groups in total. The van der Waals surface area contributed by atoms with Crippen LogP contribution < -0.4 is 0 Å². The van der Waals surface area contributed by atoms with Gasteiger partial charge >= 0.3 is 0 Å². The smallest absolute Gasteiger partial charge is 0.253 e. The van der Waals surface area contributed by atoms with Gasteiger partial charge in [-0.05, 0) is 47.2 Å². The van der Waals surface area contributed by atoms with Crippen LogP contribution in [-0.4, -0.2) is 89.1 Å². The van der Waals surface area contributed by atoms with Crippen molar-refractivity contribution in [1.29, 1.82) is 0 Å². The van der Waals surface area contributed by atoms with Crippen molar-refractivity contribution < 1.29 is 34.7 Å². The standard InChI is InChI=1S/C25H31NO7/c1-13-10-15(16-5-4-14-8-9-26(2)25(31)18(14)11-16)6-7-17(13)20(28)23(32-3)24-22(30)21(29)19(12-27)33-24/h4-7,10-11,19-24,27-30H,8-9,12H2,1-3H3/t19?,20-,21-,22?,23-,24?/m1/s1. The fourth-order valence-electron chi connectivity index (χ4n) is 4.78. The number of hydrogen-bond donors (Lipinski definition) is 4. The summed E-state index contributed by atoms with van der Waals surface area (Å²) in [6.45, 7) is 2.13. The Bertz CT molecular complexity index is 1030. The van der Waals surface area contributed by atoms with E-state index >= 15 is 0 Å². The number of benzene rings is 2. The molecular formula is C25H31NO7. The summed E-state index contributed by atoms with van der Waals surface area (Å²) in [6.07, 6.45) is -5.75. The van der Waals surface area contributed by atoms with Crippen molar-refractivity contribution >= 4 is 5.91 Å². The van der Waals surface area contributed by atoms with Gasteiger partial charge < -0.3 is 34.8 Å². The second-order valence-corrected chi connectivity index (χ2v) is 8.87. The lowest BCUT2D eigenvalue weighted by Crippen LogP contribution is -2.43. The van der Waals surface area contributed by atoms with Crippen molar-refractivity contribution in [2.45, 2.75) is 50.0 Å². The largest absolute Gasteiger partial charge is 0.394 e. The highest BCUT2D eigenvalue weighted by Crippen LogP contribution is 2.34. The van der Waals surface area contributed by atoms with Gasteiger partial charge in [0.2, 0.25) is 0 Å². The van der Waals surface area contributed by atoms with Gasteiger partial charge in [0.05, 0.1) is 6.61 Å². The van der Waals surface area contributed by atoms with E-state index in [1.807, 2.05) is 37.3 Å². The van der Waals surface area contributed by atoms with E-state index in [0.717, 1.165) is 28.7 Å². The predicted octanol–water partition coefficient (Wildman–Crippen LogP) is 0.820. The van der Waals surface area contributed by atoms with Gasteiger partial charge in [-0.3, -0.25) is 4.79 Å². The van der Waals surface area contributed by atoms with Gasteiger partial charge in [-0.2, -0.15) is 0 Å². The summed E-state index contributed by atoms with van der Waals surface area (Å²) in [5, 5.41) is 40.8. The number of rotatable bonds is 6. The van der Waals surface area contributed by atoms with Crippen LogP contribution in [0.3, 0.4) is 0 Å². The Balaban J connectivity index is 1.59. The molecule has 8 nitrogen and oxygen atoms in total. The second-order valence-electron chi connectivity index (χ2n) is 8.87. The van der Waals surface area contributed by atoms with Crippen LogP contribution in [0.15, 0.2) is 36.4 Å². The third kappa shape index (κ3) is 4.30. The predicted molar refractivity (Wildman–Crippen MR) is 121 cm³/mol. The molecular weight excluding hydrogens is 426 g/mol. The minimum atomic E-state index is -1.30. The lowest BCUT2D eigenvalue weighted by molar-refractivity contribution is -0.129. The van der Waals surface area contributed by atoms with Crippen LogP contribution in [0.4, 0.5) is 0 Å². The summed E-state index contributed by atoms with van der Waals surface area (Å²) < 4.78 is 11.0. The van der Waals surface area contributed by atoms with E-state index in [1.54, 1.807) is 18.0 Å². The zero-order chi connectivity index (χ0) is 23.9. The highest BCUT2D eigenvalue weighted by atomic mass is 16.6. The minimum absolute atomic E-state index is 0.0169. The number of hydrogen-bond acceptors (Lipinski definition) is 7. The van der Waals surface area contributed by atoms with E-state index in [4.69, 9.17) is 9.47 Å². The number of aryl methyl sites for hydroxylation is 1. The number of ether oxygens (including phenoxy) is 2. The summed E-state index contributed by atoms with van der Waals surface area (Å²) in [6, 6.07) is 11.5. The van der Waals surface area contributed by atoms with Crippen LogP contribution in [-0.2, 0) is 15.9 Å². The maximum Gasteiger partial charge on any atom is 0.253 e. The third-order valence-electron chi connectivity index (χ3n) is 6.81. The van der Waals surface area contributed by atoms with Gasteiger partial charge in [-0.25, -0.2) is 0 Å². The SMILES string of the molecule is CO[C@@H](C1OC(CO)[C@@H](O)C1O)[C@H](O)c1ccc(-c2ccc3c(c2)C(=O)N(C)CC3)cc1C. The monoisotopic (exact) mass is 457 g/mol. The van der Waals surface area contributed by atoms with Crippen molar-refractivity contribution in [3.05, 3.63) is 58.7 Å². The first kappa shape index (κ1) is 23.8. The van der Waals surface area contributed by atoms with Crippen molar-refractivity contribution in [3.8, 4) is 11.1 Å². The molecule has 6 atom stereocenters. The molecule has 33 heavy (non-hydrogen) atoms. The van der Waals surface area contributed by atoms with Crippen LogP contribution in [0.5, 0.6) is 0 Å². The molecule has 2 aliphatic rings. The van der Waals surface area contributed by atoms with Gasteiger partial charge in [0.15, 0.2) is 0 Å². The Morgan fingerprint density at radius 3 is 2.48 bits per heavy atom. The Morgan fingerprint density at radius 1 is 1.15 bits per heavy atom. The number of aliphatic hydroxyl groups is 4. The number of nitrogens with zero attached hydrogens (tertiary/aromatic N) is 1. The van der Waals surface area contributed by atoms with E-state index < -0.39 is 43.2 Å². The number of carbonyl (C=O) groups excluding carboxylic acids is 1. The maximum absolute atomic E-state index is 12.6. The Morgan fingerprint density at radius 2 is 1.85 bits per heavy atom. The van der Waals surface area contributed by atoms with Crippen LogP contribution in [0.25, 0.3) is 11.1 Å². The summed E-state index contributed by atoms with van der Waals surface area (Å²) in [5.41, 5.74) is 4.98. The summed E-state index contributed by atoms with van der Waals surface area (Å²) >= 11 is 0. The van der Waals surface area contributed by atoms with Gasteiger partial charge in [-0.1, -0.05) is 30.3 Å². The maximum atomic E-state index is 12.6. The quantitative estimate of drug-likeness (QED) is 0.507. The van der Waals surface area contributed by atoms with E-state index in [-0.39, 0.29) is 5.91 Å². The lowest BCUT2D eigenvalue weighted by Gasteiger charge is -2.30. The average Bonchev–Trinajstić information content (AvgIpc) is 3.10. The molecule has 2 aromatic rings. The van der Waals surface area contributed by atoms with Crippen LogP contribution in [0.2, 0.25) is 0 Å². The van der Waals surface area contributed by atoms with E-state index in [9.17, 15) is 25.2 Å². The summed E-state index contributed by atoms with van der Waals surface area (Å²) in [5.74, 6) is 0.0169. The Kier molecular flexibility index (Phi) is 6.86. The molecule has 2 aliphatic heterocycles. The van der Waals surface area contributed by atoms with Gasteiger partial charge in [-0.15, -0.1) is 0 Å². The molecule has 2 aromatic carbocycles. The zero-order valence-electron chi connectivity index (χ0n) is 19.0. The van der Waals surface area contributed by atoms with Crippen molar-refractivity contribution in [1.82, 2.24) is 4.90 Å². The first-order chi connectivity index (χ1) is 15.8. The number of aliphatic hydroxyl groups excluding tert-OH is 4. The molecule has 0 saturated carbocycles. The van der Waals surface area contributed by atoms with Crippen LogP contribution in [0.1, 0.15) is 33.2 Å². The van der Waals surface area contributed by atoms with Crippen molar-refractivity contribution in [2.75, 3.05) is 27.3 Å². The number of fused-ring (bicyclic) bond motifs is 1. The fraction of sp³-hybridized carbons (Fsp3) is 0.480. The molecule has 3 unspecified atom stereocenters. The Labute approximate surface area is 193 Å². The molecule has 2 heterocycles. The summed E-state index contributed by atoms with van der Waals surface area (Å²) in [4.78, 5) is 14.3. The van der Waals surface area contributed by atoms with Gasteiger partial charge in [0.1, 0.15) is 36.6 Å². The Hall–Kier alpha value is -2.33. The normalized spacial score (nSPS) is 26.9. The molecule has 1 amide bonds. The van der Waals surface area contributed by atoms with Crippen molar-refractivity contribution in [2.24, 2.45) is 0 Å². The zero-order valence-corrected chi connectivity index (χ0v) is 19.0. The molecule has 178 valence electrons. The van der Waals surface area contributed by atoms with E-state index in [2.05, 4.69) is 0 Å². The number of methoxy groups -OCH3 is 1. The third-order valence-corrected chi connectivity index (χ3v) is 6.81. The van der Waals surface area contributed by atoms with Gasteiger partial charge in [0, 0.05) is 26.3 Å². The average molecular weight is 458 g/mol. The molecule has 4 rings (SSSR count). The number of likely N-dealkylation sites (N-methyl/N-ethyl adjacent to an activating group) is 1. The molecule has 0 bridgehead atoms. The first-order valence-electron chi connectivity index (χ1n) is 11.1. The summed E-state index contributed by atoms with van der Waals surface area (Å²) in [7, 11) is 3.20. The first-order valence-corrected chi connectivity index (χ1v) is 11.1. The highest BCUT2D eigenvalue weighted by Gasteiger charge is 2.48. The lowest BCUT2D eigenvalue weighted by atomic mass is 9.90. The number of amides is 1. The molecule has 0 radical (unpaired) electrons. The molecule has 8 heteroatoms. The molecule has 1 fully saturated rings. The molecule has 0 aliphatic carbocycles. The van der Waals surface area contributed by atoms with E-state index in [0.29, 0.717) is 17.7 Å². The van der Waals surface area contributed by atoms with Crippen LogP contribution in [0, 0.1) is 6.92 Å². The molecule has 0 aromatic heterocycles.